The van der Waals surface area contributed by atoms with Crippen molar-refractivity contribution in [3.8, 4) is 0 Å². The summed E-state index contributed by atoms with van der Waals surface area (Å²) < 4.78 is 36.3. The first-order chi connectivity index (χ1) is 13.0. The summed E-state index contributed by atoms with van der Waals surface area (Å²) in [5.41, 5.74) is 1.01. The Labute approximate surface area is 163 Å². The van der Waals surface area contributed by atoms with Gasteiger partial charge in [0.15, 0.2) is 0 Å². The number of nitrogens with zero attached hydrogens (tertiary/aromatic N) is 4. The van der Waals surface area contributed by atoms with E-state index in [0.717, 1.165) is 44.0 Å². The van der Waals surface area contributed by atoms with E-state index >= 15 is 0 Å². The van der Waals surface area contributed by atoms with Gasteiger partial charge in [0.05, 0.1) is 17.6 Å². The number of piperidine rings is 2. The number of carbonyl (C=O) groups is 1. The molecule has 0 spiro atoms. The van der Waals surface area contributed by atoms with Gasteiger partial charge in [0.2, 0.25) is 15.9 Å². The normalized spacial score (nSPS) is 25.0. The summed E-state index contributed by atoms with van der Waals surface area (Å²) in [5, 5.41) is 0. The fraction of sp³-hybridized carbons (Fsp3) is 0.611. The van der Waals surface area contributed by atoms with Gasteiger partial charge in [-0.05, 0) is 51.2 Å². The molecule has 2 atom stereocenters. The smallest absolute Gasteiger partial charge is 0.245 e. The van der Waals surface area contributed by atoms with Gasteiger partial charge in [-0.15, -0.1) is 0 Å². The number of sulfonamides is 1. The Morgan fingerprint density at radius 1 is 1.15 bits per heavy atom. The zero-order valence-electron chi connectivity index (χ0n) is 15.4. The van der Waals surface area contributed by atoms with Crippen LogP contribution in [0.4, 0.5) is 0 Å². The molecule has 1 amide bonds. The molecule has 0 aliphatic carbocycles. The maximum absolute atomic E-state index is 13.2. The number of fused-ring (bicyclic) bond motifs is 1. The van der Waals surface area contributed by atoms with E-state index in [1.165, 1.54) is 4.31 Å². The van der Waals surface area contributed by atoms with E-state index in [9.17, 15) is 13.2 Å². The highest BCUT2D eigenvalue weighted by Crippen LogP contribution is 2.30. The van der Waals surface area contributed by atoms with Crippen LogP contribution in [-0.2, 0) is 14.8 Å². The van der Waals surface area contributed by atoms with E-state index in [1.807, 2.05) is 4.90 Å². The lowest BCUT2D eigenvalue weighted by Gasteiger charge is -2.38. The van der Waals surface area contributed by atoms with Gasteiger partial charge in [-0.1, -0.05) is 6.07 Å². The summed E-state index contributed by atoms with van der Waals surface area (Å²) in [7, 11) is -3.70. The Morgan fingerprint density at radius 3 is 2.81 bits per heavy atom. The highest BCUT2D eigenvalue weighted by Gasteiger charge is 2.37. The Balaban J connectivity index is 1.57. The maximum Gasteiger partial charge on any atom is 0.245 e. The number of likely N-dealkylation sites (tertiary alicyclic amines) is 1. The van der Waals surface area contributed by atoms with Crippen LogP contribution in [0, 0.1) is 5.92 Å². The fourth-order valence-electron chi connectivity index (χ4n) is 4.15. The second-order valence-electron chi connectivity index (χ2n) is 7.47. The molecule has 7 nitrogen and oxygen atoms in total. The Bertz CT molecular complexity index is 943. The van der Waals surface area contributed by atoms with Crippen LogP contribution in [0.25, 0.3) is 11.0 Å². The molecule has 0 saturated carbocycles. The molecule has 3 heterocycles. The largest absolute Gasteiger partial charge is 0.340 e. The first-order valence-electron chi connectivity index (χ1n) is 9.50. The second kappa shape index (κ2) is 7.44. The van der Waals surface area contributed by atoms with Crippen LogP contribution >= 0.6 is 11.7 Å². The number of benzene rings is 1. The minimum Gasteiger partial charge on any atom is -0.340 e. The Hall–Kier alpha value is -1.58. The molecule has 2 fully saturated rings. The van der Waals surface area contributed by atoms with Crippen LogP contribution in [0.3, 0.4) is 0 Å². The number of rotatable bonds is 3. The predicted molar refractivity (Wildman–Crippen MR) is 104 cm³/mol. The minimum atomic E-state index is -3.70. The molecule has 2 aliphatic rings. The standard InChI is InChI=1S/C18H24N4O3S2/c1-13-6-2-3-11-22(13)18(23)14-7-5-10-21(12-14)27(24,25)16-9-4-8-15-17(16)20-26-19-15/h4,8-9,13-14H,2-3,5-7,10-12H2,1H3/t13-,14-/m0/s1. The van der Waals surface area contributed by atoms with Crippen LogP contribution in [0.15, 0.2) is 23.1 Å². The molecule has 1 aromatic heterocycles. The van der Waals surface area contributed by atoms with Crippen LogP contribution in [0.1, 0.15) is 39.0 Å². The number of amides is 1. The first-order valence-corrected chi connectivity index (χ1v) is 11.7. The Kier molecular flexibility index (Phi) is 5.17. The van der Waals surface area contributed by atoms with Crippen molar-refractivity contribution in [3.05, 3.63) is 18.2 Å². The van der Waals surface area contributed by atoms with Gasteiger partial charge in [0.1, 0.15) is 15.9 Å². The highest BCUT2D eigenvalue weighted by molar-refractivity contribution is 7.89. The average molecular weight is 409 g/mol. The lowest BCUT2D eigenvalue weighted by molar-refractivity contribution is -0.140. The summed E-state index contributed by atoms with van der Waals surface area (Å²) in [5.74, 6) is -0.155. The highest BCUT2D eigenvalue weighted by atomic mass is 32.2. The lowest BCUT2D eigenvalue weighted by atomic mass is 9.95. The third-order valence-corrected chi connectivity index (χ3v) is 8.13. The molecule has 146 valence electrons. The van der Waals surface area contributed by atoms with Crippen LogP contribution in [0.2, 0.25) is 0 Å². The van der Waals surface area contributed by atoms with Crippen molar-refractivity contribution in [1.29, 1.82) is 0 Å². The van der Waals surface area contributed by atoms with E-state index in [0.29, 0.717) is 24.0 Å². The number of aromatic nitrogens is 2. The number of hydrogen-bond acceptors (Lipinski definition) is 6. The summed E-state index contributed by atoms with van der Waals surface area (Å²) in [6.07, 6.45) is 4.66. The number of hydrogen-bond donors (Lipinski definition) is 0. The van der Waals surface area contributed by atoms with Gasteiger partial charge in [-0.3, -0.25) is 4.79 Å². The van der Waals surface area contributed by atoms with Crippen LogP contribution in [-0.4, -0.2) is 58.0 Å². The summed E-state index contributed by atoms with van der Waals surface area (Å²) in [6.45, 7) is 3.56. The molecule has 4 rings (SSSR count). The van der Waals surface area contributed by atoms with Crippen molar-refractivity contribution in [2.75, 3.05) is 19.6 Å². The van der Waals surface area contributed by atoms with Gasteiger partial charge in [0.25, 0.3) is 0 Å². The maximum atomic E-state index is 13.2. The molecule has 9 heteroatoms. The SMILES string of the molecule is C[C@H]1CCCCN1C(=O)[C@H]1CCCN(S(=O)(=O)c2cccc3nsnc23)C1. The van der Waals surface area contributed by atoms with Gasteiger partial charge in [0, 0.05) is 25.7 Å². The third kappa shape index (κ3) is 3.48. The lowest BCUT2D eigenvalue weighted by Crippen LogP contribution is -2.50. The molecule has 0 N–H and O–H groups in total. The van der Waals surface area contributed by atoms with E-state index in [-0.39, 0.29) is 29.3 Å². The first kappa shape index (κ1) is 18.8. The zero-order valence-corrected chi connectivity index (χ0v) is 17.0. The molecule has 2 aliphatic heterocycles. The van der Waals surface area contributed by atoms with Crippen molar-refractivity contribution in [3.63, 3.8) is 0 Å². The molecule has 0 radical (unpaired) electrons. The molecule has 0 unspecified atom stereocenters. The quantitative estimate of drug-likeness (QED) is 0.779. The topological polar surface area (TPSA) is 83.5 Å². The molecular weight excluding hydrogens is 384 g/mol. The molecule has 2 saturated heterocycles. The predicted octanol–water partition coefficient (Wildman–Crippen LogP) is 2.49. The van der Waals surface area contributed by atoms with Crippen molar-refractivity contribution in [1.82, 2.24) is 18.0 Å². The molecule has 27 heavy (non-hydrogen) atoms. The Morgan fingerprint density at radius 2 is 2.00 bits per heavy atom. The molecular formula is C18H24N4O3S2. The van der Waals surface area contributed by atoms with Gasteiger partial charge in [-0.25, -0.2) is 8.42 Å². The van der Waals surface area contributed by atoms with E-state index in [4.69, 9.17) is 0 Å². The van der Waals surface area contributed by atoms with Crippen molar-refractivity contribution in [2.24, 2.45) is 5.92 Å². The average Bonchev–Trinajstić information content (AvgIpc) is 3.16. The molecule has 1 aromatic carbocycles. The van der Waals surface area contributed by atoms with Crippen LogP contribution in [0.5, 0.6) is 0 Å². The van der Waals surface area contributed by atoms with E-state index < -0.39 is 10.0 Å². The van der Waals surface area contributed by atoms with E-state index in [1.54, 1.807) is 18.2 Å². The third-order valence-electron chi connectivity index (χ3n) is 5.69. The van der Waals surface area contributed by atoms with Crippen molar-refractivity contribution >= 4 is 38.7 Å². The van der Waals surface area contributed by atoms with Gasteiger partial charge >= 0.3 is 0 Å². The molecule has 0 bridgehead atoms. The fourth-order valence-corrected chi connectivity index (χ4v) is 6.43. The summed E-state index contributed by atoms with van der Waals surface area (Å²) >= 11 is 1.01. The number of carbonyl (C=O) groups excluding carboxylic acids is 1. The summed E-state index contributed by atoms with van der Waals surface area (Å²) in [6, 6.07) is 5.28. The zero-order chi connectivity index (χ0) is 19.0. The molecule has 2 aromatic rings. The van der Waals surface area contributed by atoms with Gasteiger partial charge in [-0.2, -0.15) is 13.1 Å². The summed E-state index contributed by atoms with van der Waals surface area (Å²) in [4.78, 5) is 15.2. The minimum absolute atomic E-state index is 0.107. The van der Waals surface area contributed by atoms with Crippen molar-refractivity contribution < 1.29 is 13.2 Å². The monoisotopic (exact) mass is 408 g/mol. The van der Waals surface area contributed by atoms with Gasteiger partial charge < -0.3 is 4.90 Å². The van der Waals surface area contributed by atoms with Crippen molar-refractivity contribution in [2.45, 2.75) is 50.0 Å². The second-order valence-corrected chi connectivity index (χ2v) is 9.90. The van der Waals surface area contributed by atoms with Crippen LogP contribution < -0.4 is 0 Å². The van der Waals surface area contributed by atoms with E-state index in [2.05, 4.69) is 15.7 Å².